The molecule has 0 saturated heterocycles. The van der Waals surface area contributed by atoms with E-state index >= 15 is 0 Å². The number of nitrogens with zero attached hydrogens (tertiary/aromatic N) is 1. The summed E-state index contributed by atoms with van der Waals surface area (Å²) < 4.78 is 23.3. The molecule has 2 aromatic rings. The summed E-state index contributed by atoms with van der Waals surface area (Å²) in [6.45, 7) is 5.91. The molecule has 0 radical (unpaired) electrons. The van der Waals surface area contributed by atoms with Gasteiger partial charge in [0.25, 0.3) is 5.91 Å². The highest BCUT2D eigenvalue weighted by molar-refractivity contribution is 7.89. The van der Waals surface area contributed by atoms with Gasteiger partial charge in [-0.2, -0.15) is 0 Å². The van der Waals surface area contributed by atoms with Gasteiger partial charge in [0, 0.05) is 23.9 Å². The molecule has 0 fully saturated rings. The lowest BCUT2D eigenvalue weighted by Crippen LogP contribution is -2.26. The van der Waals surface area contributed by atoms with Gasteiger partial charge in [-0.1, -0.05) is 6.92 Å². The molecule has 24 heavy (non-hydrogen) atoms. The molecule has 0 unspecified atom stereocenters. The van der Waals surface area contributed by atoms with Crippen LogP contribution in [0.25, 0.3) is 0 Å². The second-order valence-corrected chi connectivity index (χ2v) is 8.03. The van der Waals surface area contributed by atoms with E-state index in [0.717, 1.165) is 17.1 Å². The zero-order valence-electron chi connectivity index (χ0n) is 13.9. The van der Waals surface area contributed by atoms with Gasteiger partial charge < -0.3 is 5.32 Å². The van der Waals surface area contributed by atoms with Crippen LogP contribution in [-0.2, 0) is 22.9 Å². The van der Waals surface area contributed by atoms with Crippen molar-refractivity contribution in [3.63, 3.8) is 0 Å². The lowest BCUT2D eigenvalue weighted by atomic mass is 10.1. The summed E-state index contributed by atoms with van der Waals surface area (Å²) in [4.78, 5) is 16.7. The van der Waals surface area contributed by atoms with Crippen LogP contribution in [0.15, 0.2) is 22.4 Å². The van der Waals surface area contributed by atoms with Crippen LogP contribution in [0.1, 0.15) is 39.1 Å². The fourth-order valence-electron chi connectivity index (χ4n) is 2.26. The SMILES string of the molecule is CCc1csc(CCNC(=O)c2cc(C)c(C)c(S(N)(=O)=O)c2)n1. The minimum Gasteiger partial charge on any atom is -0.352 e. The van der Waals surface area contributed by atoms with Crippen LogP contribution in [0, 0.1) is 13.8 Å². The van der Waals surface area contributed by atoms with Crippen molar-refractivity contribution in [2.24, 2.45) is 5.14 Å². The highest BCUT2D eigenvalue weighted by Crippen LogP contribution is 2.20. The molecule has 0 aliphatic carbocycles. The molecule has 1 amide bonds. The third-order valence-electron chi connectivity index (χ3n) is 3.77. The fraction of sp³-hybridized carbons (Fsp3) is 0.375. The van der Waals surface area contributed by atoms with E-state index in [1.807, 2.05) is 12.3 Å². The zero-order valence-corrected chi connectivity index (χ0v) is 15.6. The summed E-state index contributed by atoms with van der Waals surface area (Å²) in [7, 11) is -3.86. The number of sulfonamides is 1. The van der Waals surface area contributed by atoms with E-state index < -0.39 is 10.0 Å². The predicted octanol–water partition coefficient (Wildman–Crippen LogP) is 1.94. The van der Waals surface area contributed by atoms with Gasteiger partial charge in [0.1, 0.15) is 0 Å². The molecule has 0 saturated carbocycles. The zero-order chi connectivity index (χ0) is 17.9. The second kappa shape index (κ2) is 7.42. The highest BCUT2D eigenvalue weighted by Gasteiger charge is 2.17. The number of benzene rings is 1. The summed E-state index contributed by atoms with van der Waals surface area (Å²) in [5.74, 6) is -0.324. The maximum atomic E-state index is 12.3. The molecule has 1 aromatic carbocycles. The second-order valence-electron chi connectivity index (χ2n) is 5.55. The first-order chi connectivity index (χ1) is 11.2. The van der Waals surface area contributed by atoms with Crippen molar-refractivity contribution in [3.05, 3.63) is 44.9 Å². The van der Waals surface area contributed by atoms with E-state index in [4.69, 9.17) is 5.14 Å². The van der Waals surface area contributed by atoms with E-state index in [2.05, 4.69) is 10.3 Å². The molecular weight excluding hydrogens is 346 g/mol. The normalized spacial score (nSPS) is 11.5. The van der Waals surface area contributed by atoms with E-state index in [1.165, 1.54) is 6.07 Å². The molecule has 3 N–H and O–H groups in total. The third kappa shape index (κ3) is 4.40. The number of hydrogen-bond acceptors (Lipinski definition) is 5. The first-order valence-corrected chi connectivity index (χ1v) is 10.0. The molecule has 0 spiro atoms. The van der Waals surface area contributed by atoms with Crippen LogP contribution in [0.5, 0.6) is 0 Å². The van der Waals surface area contributed by atoms with Crippen molar-refractivity contribution in [1.29, 1.82) is 0 Å². The summed E-state index contributed by atoms with van der Waals surface area (Å²) >= 11 is 1.57. The van der Waals surface area contributed by atoms with Crippen molar-refractivity contribution in [2.75, 3.05) is 6.54 Å². The number of carbonyl (C=O) groups is 1. The Morgan fingerprint density at radius 2 is 2.04 bits per heavy atom. The highest BCUT2D eigenvalue weighted by atomic mass is 32.2. The average molecular weight is 367 g/mol. The van der Waals surface area contributed by atoms with Gasteiger partial charge in [-0.25, -0.2) is 18.5 Å². The first kappa shape index (κ1) is 18.6. The molecule has 2 rings (SSSR count). The molecule has 6 nitrogen and oxygen atoms in total. The van der Waals surface area contributed by atoms with Gasteiger partial charge in [-0.15, -0.1) is 11.3 Å². The van der Waals surface area contributed by atoms with Crippen LogP contribution in [-0.4, -0.2) is 25.9 Å². The van der Waals surface area contributed by atoms with Crippen molar-refractivity contribution >= 4 is 27.3 Å². The quantitative estimate of drug-likeness (QED) is 0.814. The molecule has 1 aromatic heterocycles. The lowest BCUT2D eigenvalue weighted by Gasteiger charge is -2.11. The van der Waals surface area contributed by atoms with E-state index in [-0.39, 0.29) is 16.4 Å². The Bertz CT molecular complexity index is 857. The Morgan fingerprint density at radius 1 is 1.33 bits per heavy atom. The molecule has 0 aliphatic rings. The molecule has 0 bridgehead atoms. The number of thiazole rings is 1. The minimum atomic E-state index is -3.86. The van der Waals surface area contributed by atoms with Gasteiger partial charge >= 0.3 is 0 Å². The molecular formula is C16H21N3O3S2. The lowest BCUT2D eigenvalue weighted by molar-refractivity contribution is 0.0954. The van der Waals surface area contributed by atoms with E-state index in [9.17, 15) is 13.2 Å². The van der Waals surface area contributed by atoms with Crippen LogP contribution < -0.4 is 10.5 Å². The Kier molecular flexibility index (Phi) is 5.74. The number of rotatable bonds is 6. The number of primary sulfonamides is 1. The average Bonchev–Trinajstić information content (AvgIpc) is 2.96. The number of carbonyl (C=O) groups excluding carboxylic acids is 1. The van der Waals surface area contributed by atoms with Crippen molar-refractivity contribution in [3.8, 4) is 0 Å². The minimum absolute atomic E-state index is 0.0137. The number of nitrogens with one attached hydrogen (secondary N) is 1. The number of amides is 1. The smallest absolute Gasteiger partial charge is 0.251 e. The van der Waals surface area contributed by atoms with Gasteiger partial charge in [-0.05, 0) is 43.5 Å². The van der Waals surface area contributed by atoms with Gasteiger partial charge in [0.15, 0.2) is 0 Å². The van der Waals surface area contributed by atoms with Crippen molar-refractivity contribution < 1.29 is 13.2 Å². The Hall–Kier alpha value is -1.77. The van der Waals surface area contributed by atoms with Crippen molar-refractivity contribution in [1.82, 2.24) is 10.3 Å². The Labute approximate surface area is 146 Å². The standard InChI is InChI=1S/C16H21N3O3S2/c1-4-13-9-23-15(19-13)5-6-18-16(20)12-7-10(2)11(3)14(8-12)24(17,21)22/h7-9H,4-6H2,1-3H3,(H,18,20)(H2,17,21,22). The number of nitrogens with two attached hydrogens (primary N) is 1. The van der Waals surface area contributed by atoms with Crippen LogP contribution in [0.4, 0.5) is 0 Å². The molecule has 8 heteroatoms. The summed E-state index contributed by atoms with van der Waals surface area (Å²) in [6, 6.07) is 2.99. The fourth-order valence-corrected chi connectivity index (χ4v) is 4.03. The van der Waals surface area contributed by atoms with Gasteiger partial charge in [-0.3, -0.25) is 4.79 Å². The number of aryl methyl sites for hydroxylation is 2. The maximum absolute atomic E-state index is 12.3. The summed E-state index contributed by atoms with van der Waals surface area (Å²) in [6.07, 6.45) is 1.53. The molecule has 0 atom stereocenters. The Morgan fingerprint density at radius 3 is 2.62 bits per heavy atom. The summed E-state index contributed by atoms with van der Waals surface area (Å²) in [5, 5.41) is 11.0. The number of hydrogen-bond donors (Lipinski definition) is 2. The topological polar surface area (TPSA) is 102 Å². The maximum Gasteiger partial charge on any atom is 0.251 e. The van der Waals surface area contributed by atoms with Gasteiger partial charge in [0.2, 0.25) is 10.0 Å². The Balaban J connectivity index is 2.08. The molecule has 0 aliphatic heterocycles. The monoisotopic (exact) mass is 367 g/mol. The molecule has 1 heterocycles. The van der Waals surface area contributed by atoms with Crippen LogP contribution >= 0.6 is 11.3 Å². The predicted molar refractivity (Wildman–Crippen MR) is 94.8 cm³/mol. The van der Waals surface area contributed by atoms with Crippen LogP contribution in [0.3, 0.4) is 0 Å². The van der Waals surface area contributed by atoms with E-state index in [1.54, 1.807) is 31.3 Å². The van der Waals surface area contributed by atoms with E-state index in [0.29, 0.717) is 24.1 Å². The largest absolute Gasteiger partial charge is 0.352 e. The molecule has 130 valence electrons. The van der Waals surface area contributed by atoms with Gasteiger partial charge in [0.05, 0.1) is 15.6 Å². The summed E-state index contributed by atoms with van der Waals surface area (Å²) in [5.41, 5.74) is 2.60. The van der Waals surface area contributed by atoms with Crippen LogP contribution in [0.2, 0.25) is 0 Å². The third-order valence-corrected chi connectivity index (χ3v) is 5.77. The number of aromatic nitrogens is 1. The first-order valence-electron chi connectivity index (χ1n) is 7.58. The van der Waals surface area contributed by atoms with Crippen molar-refractivity contribution in [2.45, 2.75) is 38.5 Å².